The monoisotopic (exact) mass is 278 g/mol. The van der Waals surface area contributed by atoms with Crippen molar-refractivity contribution in [1.29, 1.82) is 0 Å². The fraction of sp³-hybridized carbons (Fsp3) is 0.286. The zero-order valence-electron chi connectivity index (χ0n) is 11.5. The van der Waals surface area contributed by atoms with Crippen molar-refractivity contribution in [3.8, 4) is 0 Å². The number of nitrogens with one attached hydrogen (secondary N) is 1. The highest BCUT2D eigenvalue weighted by Gasteiger charge is 2.13. The van der Waals surface area contributed by atoms with Crippen LogP contribution >= 0.6 is 0 Å². The Balaban J connectivity index is 0.000000240. The third-order valence-corrected chi connectivity index (χ3v) is 2.78. The number of carboxylic acid groups (broad SMARTS) is 2. The molecule has 108 valence electrons. The molecule has 2 rings (SSSR count). The van der Waals surface area contributed by atoms with E-state index in [4.69, 9.17) is 10.2 Å². The molecule has 3 N–H and O–H groups in total. The molecule has 0 bridgehead atoms. The molecule has 1 aliphatic rings. The van der Waals surface area contributed by atoms with Gasteiger partial charge in [-0.3, -0.25) is 5.32 Å². The van der Waals surface area contributed by atoms with Gasteiger partial charge in [0.15, 0.2) is 0 Å². The van der Waals surface area contributed by atoms with Crippen molar-refractivity contribution in [2.75, 3.05) is 20.3 Å². The van der Waals surface area contributed by atoms with E-state index in [1.807, 2.05) is 7.05 Å². The molecule has 1 aliphatic heterocycles. The Bertz CT molecular complexity index is 494. The van der Waals surface area contributed by atoms with Crippen LogP contribution in [0.4, 0.5) is 0 Å². The van der Waals surface area contributed by atoms with Crippen LogP contribution in [-0.2, 0) is 0 Å². The first-order valence-corrected chi connectivity index (χ1v) is 6.07. The second-order valence-corrected chi connectivity index (χ2v) is 4.34. The maximum atomic E-state index is 10.6. The fourth-order valence-corrected chi connectivity index (χ4v) is 1.71. The number of benzene rings is 1. The fourth-order valence-electron chi connectivity index (χ4n) is 1.71. The normalized spacial score (nSPS) is 13.4. The Morgan fingerprint density at radius 1 is 1.20 bits per heavy atom. The lowest BCUT2D eigenvalue weighted by Crippen LogP contribution is -2.31. The zero-order chi connectivity index (χ0) is 15.1. The molecule has 1 aromatic carbocycles. The summed E-state index contributed by atoms with van der Waals surface area (Å²) in [6, 6.07) is 4.17. The van der Waals surface area contributed by atoms with Crippen molar-refractivity contribution in [2.24, 2.45) is 0 Å². The minimum atomic E-state index is -1.11. The number of carboxylic acids is 2. The first-order valence-electron chi connectivity index (χ1n) is 6.07. The van der Waals surface area contributed by atoms with Crippen molar-refractivity contribution in [2.45, 2.75) is 6.92 Å². The average Bonchev–Trinajstić information content (AvgIpc) is 2.40. The van der Waals surface area contributed by atoms with Crippen molar-refractivity contribution in [3.05, 3.63) is 47.2 Å². The molecule has 6 nitrogen and oxygen atoms in total. The lowest BCUT2D eigenvalue weighted by molar-refractivity contribution is 0.0696. The first kappa shape index (κ1) is 15.7. The van der Waals surface area contributed by atoms with Gasteiger partial charge in [0.1, 0.15) is 0 Å². The van der Waals surface area contributed by atoms with E-state index < -0.39 is 11.9 Å². The van der Waals surface area contributed by atoms with Crippen molar-refractivity contribution in [3.63, 3.8) is 0 Å². The summed E-state index contributed by atoms with van der Waals surface area (Å²) in [5, 5.41) is 20.5. The topological polar surface area (TPSA) is 89.9 Å². The molecule has 1 heterocycles. The van der Waals surface area contributed by atoms with Crippen molar-refractivity contribution < 1.29 is 19.8 Å². The summed E-state index contributed by atoms with van der Waals surface area (Å²) in [7, 11) is 2.04. The van der Waals surface area contributed by atoms with Crippen LogP contribution in [0.5, 0.6) is 0 Å². The highest BCUT2D eigenvalue weighted by atomic mass is 16.4. The smallest absolute Gasteiger partial charge is 0.335 e. The van der Waals surface area contributed by atoms with E-state index in [0.29, 0.717) is 0 Å². The molecule has 0 amide bonds. The quantitative estimate of drug-likeness (QED) is 0.757. The molecular formula is C14H18N2O4. The Hall–Kier alpha value is -2.34. The number of nitrogens with zero attached hydrogens (tertiary/aromatic N) is 1. The summed E-state index contributed by atoms with van der Waals surface area (Å²) in [4.78, 5) is 23.3. The van der Waals surface area contributed by atoms with Crippen molar-refractivity contribution in [1.82, 2.24) is 10.2 Å². The van der Waals surface area contributed by atoms with E-state index in [0.717, 1.165) is 13.2 Å². The maximum absolute atomic E-state index is 10.6. The van der Waals surface area contributed by atoms with Gasteiger partial charge in [0.05, 0.1) is 17.8 Å². The van der Waals surface area contributed by atoms with Gasteiger partial charge in [0.25, 0.3) is 0 Å². The second-order valence-electron chi connectivity index (χ2n) is 4.34. The van der Waals surface area contributed by atoms with E-state index in [-0.39, 0.29) is 16.7 Å². The molecule has 0 atom stereocenters. The molecule has 1 aromatic rings. The van der Waals surface area contributed by atoms with Gasteiger partial charge in [-0.1, -0.05) is 12.1 Å². The molecule has 0 aliphatic carbocycles. The molecule has 0 saturated carbocycles. The molecule has 0 aromatic heterocycles. The predicted molar refractivity (Wildman–Crippen MR) is 74.9 cm³/mol. The molecule has 0 spiro atoms. The molecule has 0 unspecified atom stereocenters. The van der Waals surface area contributed by atoms with Gasteiger partial charge >= 0.3 is 11.9 Å². The largest absolute Gasteiger partial charge is 0.478 e. The van der Waals surface area contributed by atoms with E-state index in [9.17, 15) is 9.59 Å². The lowest BCUT2D eigenvalue weighted by Gasteiger charge is -2.17. The maximum Gasteiger partial charge on any atom is 0.335 e. The third kappa shape index (κ3) is 4.40. The van der Waals surface area contributed by atoms with Crippen LogP contribution in [0.2, 0.25) is 0 Å². The summed E-state index contributed by atoms with van der Waals surface area (Å²) in [6.45, 7) is 3.48. The number of rotatable bonds is 2. The predicted octanol–water partition coefficient (Wildman–Crippen LogP) is 1.38. The van der Waals surface area contributed by atoms with E-state index >= 15 is 0 Å². The number of carbonyl (C=O) groups is 2. The summed E-state index contributed by atoms with van der Waals surface area (Å²) in [5.41, 5.74) is 0.335. The number of aromatic carboxylic acids is 2. The molecule has 0 radical (unpaired) electrons. The molecular weight excluding hydrogens is 260 g/mol. The number of hydrogen-bond donors (Lipinski definition) is 3. The minimum absolute atomic E-state index is 0.0277. The van der Waals surface area contributed by atoms with Gasteiger partial charge in [-0.25, -0.2) is 9.59 Å². The minimum Gasteiger partial charge on any atom is -0.478 e. The molecule has 6 heteroatoms. The highest BCUT2D eigenvalue weighted by Crippen LogP contribution is 2.13. The molecule has 0 fully saturated rings. The highest BCUT2D eigenvalue weighted by molar-refractivity contribution is 5.96. The van der Waals surface area contributed by atoms with Crippen LogP contribution in [0.15, 0.2) is 30.5 Å². The third-order valence-electron chi connectivity index (χ3n) is 2.78. The van der Waals surface area contributed by atoms with Crippen LogP contribution in [0.25, 0.3) is 0 Å². The molecule has 20 heavy (non-hydrogen) atoms. The number of hydrogen-bond acceptors (Lipinski definition) is 4. The Kier molecular flexibility index (Phi) is 5.74. The second kappa shape index (κ2) is 7.30. The molecule has 0 saturated heterocycles. The standard InChI is InChI=1S/C9H8O4.C5H10N2/c1-5-6(8(10)11)3-2-4-7(5)9(12)13;1-7-4-2-3-6-5-7/h2-4H,1H3,(H,10,11)(H,12,13);2,4,6H,3,5H2,1H3. The van der Waals surface area contributed by atoms with Crippen LogP contribution in [0.3, 0.4) is 0 Å². The van der Waals surface area contributed by atoms with Gasteiger partial charge < -0.3 is 15.1 Å². The van der Waals surface area contributed by atoms with Crippen LogP contribution < -0.4 is 5.32 Å². The van der Waals surface area contributed by atoms with Gasteiger partial charge in [0, 0.05) is 13.6 Å². The van der Waals surface area contributed by atoms with E-state index in [2.05, 4.69) is 22.5 Å². The van der Waals surface area contributed by atoms with Crippen LogP contribution in [0.1, 0.15) is 26.3 Å². The summed E-state index contributed by atoms with van der Waals surface area (Å²) in [5.74, 6) is -2.22. The summed E-state index contributed by atoms with van der Waals surface area (Å²) < 4.78 is 0. The SMILES string of the molecule is CN1C=CCNC1.Cc1c(C(=O)O)cccc1C(=O)O. The first-order chi connectivity index (χ1) is 9.43. The Morgan fingerprint density at radius 2 is 1.75 bits per heavy atom. The zero-order valence-corrected chi connectivity index (χ0v) is 11.5. The van der Waals surface area contributed by atoms with Crippen molar-refractivity contribution >= 4 is 11.9 Å². The lowest BCUT2D eigenvalue weighted by atomic mass is 10.0. The average molecular weight is 278 g/mol. The van der Waals surface area contributed by atoms with Gasteiger partial charge in [-0.2, -0.15) is 0 Å². The van der Waals surface area contributed by atoms with Gasteiger partial charge in [-0.15, -0.1) is 0 Å². The van der Waals surface area contributed by atoms with Gasteiger partial charge in [0.2, 0.25) is 0 Å². The summed E-state index contributed by atoms with van der Waals surface area (Å²) >= 11 is 0. The van der Waals surface area contributed by atoms with Crippen LogP contribution in [0, 0.1) is 6.92 Å². The Morgan fingerprint density at radius 3 is 2.05 bits per heavy atom. The van der Waals surface area contributed by atoms with E-state index in [1.165, 1.54) is 25.1 Å². The summed E-state index contributed by atoms with van der Waals surface area (Å²) in [6.07, 6.45) is 4.18. The van der Waals surface area contributed by atoms with E-state index in [1.54, 1.807) is 0 Å². The Labute approximate surface area is 117 Å². The van der Waals surface area contributed by atoms with Crippen LogP contribution in [-0.4, -0.2) is 47.3 Å². The van der Waals surface area contributed by atoms with Gasteiger partial charge in [-0.05, 0) is 30.8 Å².